The summed E-state index contributed by atoms with van der Waals surface area (Å²) in [5.41, 5.74) is 10.3. The molecule has 0 atom stereocenters. The van der Waals surface area contributed by atoms with Gasteiger partial charge in [-0.3, -0.25) is 0 Å². The first-order valence-corrected chi connectivity index (χ1v) is 20.1. The van der Waals surface area contributed by atoms with Gasteiger partial charge in [-0.2, -0.15) is 6.07 Å². The van der Waals surface area contributed by atoms with Gasteiger partial charge in [-0.05, 0) is 81.3 Å². The second-order valence-corrected chi connectivity index (χ2v) is 17.6. The summed E-state index contributed by atoms with van der Waals surface area (Å²) in [6.45, 7) is 19.1. The molecule has 2 aromatic heterocycles. The van der Waals surface area contributed by atoms with E-state index in [-0.39, 0.29) is 37.7 Å². The van der Waals surface area contributed by atoms with Crippen molar-refractivity contribution in [3.8, 4) is 28.4 Å². The number of halogens is 1. The number of hydrogen-bond donors (Lipinski definition) is 0. The monoisotopic (exact) mass is 971 g/mol. The molecule has 0 aliphatic carbocycles. The Morgan fingerprint density at radius 3 is 2.15 bits per heavy atom. The second-order valence-electron chi connectivity index (χ2n) is 17.6. The van der Waals surface area contributed by atoms with Crippen molar-refractivity contribution in [3.63, 3.8) is 0 Å². The van der Waals surface area contributed by atoms with Crippen LogP contribution in [0.1, 0.15) is 79.3 Å². The van der Waals surface area contributed by atoms with Crippen LogP contribution in [-0.4, -0.2) is 9.55 Å². The van der Waals surface area contributed by atoms with Crippen molar-refractivity contribution in [3.05, 3.63) is 175 Å². The van der Waals surface area contributed by atoms with Gasteiger partial charge in [0.25, 0.3) is 0 Å². The Morgan fingerprint density at radius 2 is 1.43 bits per heavy atom. The van der Waals surface area contributed by atoms with Gasteiger partial charge in [0.05, 0.1) is 0 Å². The van der Waals surface area contributed by atoms with Crippen LogP contribution in [0.3, 0.4) is 0 Å². The van der Waals surface area contributed by atoms with Crippen molar-refractivity contribution in [2.24, 2.45) is 0 Å². The normalized spacial score (nSPS) is 13.4. The van der Waals surface area contributed by atoms with Crippen LogP contribution in [0.25, 0.3) is 38.8 Å². The van der Waals surface area contributed by atoms with Crippen LogP contribution in [0.4, 0.5) is 27.1 Å². The van der Waals surface area contributed by atoms with Crippen LogP contribution in [0, 0.1) is 24.6 Å². The summed E-state index contributed by atoms with van der Waals surface area (Å²) in [6, 6.07) is 49.1. The minimum Gasteiger partial charge on any atom is -0.509 e. The first-order chi connectivity index (χ1) is 28.5. The van der Waals surface area contributed by atoms with E-state index in [2.05, 4.69) is 141 Å². The van der Waals surface area contributed by atoms with Gasteiger partial charge in [-0.1, -0.05) is 122 Å². The Balaban J connectivity index is 0.00000514. The number of nitrogens with zero attached hydrogens (tertiary/aromatic N) is 4. The SMILES string of the molecule is [2H]C(C)(C)c1cc(Oc2[c-]c3c(cc2)c2ccccc2n3-c2cc(C(C)(C)C)ccn2)[c-]c(N2[CH-]N(c3c(-c4ccc(F)cc4)cccc3C(C)(C)C)c3ccccc32)c1.[Pt]. The molecule has 0 unspecified atom stereocenters. The summed E-state index contributed by atoms with van der Waals surface area (Å²) in [7, 11) is 0. The van der Waals surface area contributed by atoms with E-state index in [1.807, 2.05) is 68.6 Å². The van der Waals surface area contributed by atoms with Gasteiger partial charge < -0.3 is 19.1 Å². The van der Waals surface area contributed by atoms with E-state index in [0.29, 0.717) is 11.5 Å². The third-order valence-corrected chi connectivity index (χ3v) is 11.2. The molecule has 0 saturated heterocycles. The second kappa shape index (κ2) is 15.7. The van der Waals surface area contributed by atoms with Gasteiger partial charge in [0.2, 0.25) is 0 Å². The van der Waals surface area contributed by atoms with E-state index in [9.17, 15) is 5.76 Å². The van der Waals surface area contributed by atoms with Crippen LogP contribution in [0.2, 0.25) is 0 Å². The smallest absolute Gasteiger partial charge is 0.135 e. The Morgan fingerprint density at radius 1 is 0.717 bits per heavy atom. The van der Waals surface area contributed by atoms with E-state index in [4.69, 9.17) is 9.72 Å². The number of para-hydroxylation sites is 4. The Hall–Kier alpha value is -5.71. The first kappa shape index (κ1) is 39.7. The molecule has 0 spiro atoms. The molecule has 1 aliphatic rings. The molecule has 60 heavy (non-hydrogen) atoms. The van der Waals surface area contributed by atoms with Crippen LogP contribution in [-0.2, 0) is 31.9 Å². The van der Waals surface area contributed by atoms with Crippen molar-refractivity contribution in [2.45, 2.75) is 72.1 Å². The molecule has 0 fully saturated rings. The number of aromatic nitrogens is 2. The molecule has 8 aromatic rings. The Kier molecular flexibility index (Phi) is 10.4. The summed E-state index contributed by atoms with van der Waals surface area (Å²) >= 11 is 0. The molecule has 0 radical (unpaired) electrons. The number of benzene rings is 6. The Bertz CT molecular complexity index is 2920. The molecule has 6 aromatic carbocycles. The zero-order chi connectivity index (χ0) is 42.1. The zero-order valence-corrected chi connectivity index (χ0v) is 37.4. The van der Waals surface area contributed by atoms with Gasteiger partial charge in [-0.15, -0.1) is 53.6 Å². The first-order valence-electron chi connectivity index (χ1n) is 20.6. The zero-order valence-electron chi connectivity index (χ0n) is 36.2. The molecule has 0 N–H and O–H groups in total. The number of pyridine rings is 1. The summed E-state index contributed by atoms with van der Waals surface area (Å²) < 4.78 is 32.2. The third-order valence-electron chi connectivity index (χ3n) is 11.2. The number of rotatable bonds is 7. The molecular weight excluding hydrogens is 923 g/mol. The van der Waals surface area contributed by atoms with Crippen molar-refractivity contribution in [1.29, 1.82) is 0 Å². The summed E-state index contributed by atoms with van der Waals surface area (Å²) in [5, 5.41) is 2.15. The molecule has 1 aliphatic heterocycles. The predicted octanol–water partition coefficient (Wildman–Crippen LogP) is 14.5. The topological polar surface area (TPSA) is 33.5 Å². The maximum absolute atomic E-state index is 14.2. The van der Waals surface area contributed by atoms with Crippen LogP contribution in [0.15, 0.2) is 134 Å². The van der Waals surface area contributed by atoms with E-state index >= 15 is 0 Å². The predicted molar refractivity (Wildman–Crippen MR) is 241 cm³/mol. The van der Waals surface area contributed by atoms with E-state index in [1.54, 1.807) is 0 Å². The average Bonchev–Trinajstić information content (AvgIpc) is 3.76. The summed E-state index contributed by atoms with van der Waals surface area (Å²) in [6.07, 6.45) is 1.88. The number of ether oxygens (including phenoxy) is 1. The van der Waals surface area contributed by atoms with E-state index < -0.39 is 5.89 Å². The Labute approximate surface area is 369 Å². The standard InChI is InChI=1S/C53H48FN4O.Pt/c1-34(2)36-28-39(56-33-57(48-19-12-11-18-47(48)56)51-42(35-20-22-38(54)23-21-35)15-13-16-45(51)53(6,7)8)31-41(29-36)59-40-24-25-44-43-14-9-10-17-46(43)58(49(44)32-40)50-30-37(26-27-55-50)52(3,4)5;/h9-30,33-34H,1-8H3;/q-3;/i34D;. The van der Waals surface area contributed by atoms with Gasteiger partial charge in [-0.25, -0.2) is 9.37 Å². The maximum Gasteiger partial charge on any atom is 0.135 e. The molecule has 7 heteroatoms. The molecule has 5 nitrogen and oxygen atoms in total. The van der Waals surface area contributed by atoms with Gasteiger partial charge >= 0.3 is 0 Å². The minimum absolute atomic E-state index is 0. The number of anilines is 4. The number of fused-ring (bicyclic) bond motifs is 4. The maximum atomic E-state index is 14.2. The minimum atomic E-state index is -0.945. The molecular formula is C53H48FN4OPt-3. The molecule has 0 bridgehead atoms. The fourth-order valence-electron chi connectivity index (χ4n) is 8.05. The summed E-state index contributed by atoms with van der Waals surface area (Å²) in [5.74, 6) is 0.595. The summed E-state index contributed by atoms with van der Waals surface area (Å²) in [4.78, 5) is 9.18. The van der Waals surface area contributed by atoms with Crippen LogP contribution < -0.4 is 14.5 Å². The molecule has 3 heterocycles. The van der Waals surface area contributed by atoms with Crippen molar-refractivity contribution in [2.75, 3.05) is 9.80 Å². The van der Waals surface area contributed by atoms with Gasteiger partial charge in [0.15, 0.2) is 0 Å². The third kappa shape index (κ3) is 7.51. The van der Waals surface area contributed by atoms with Gasteiger partial charge in [0.1, 0.15) is 11.6 Å². The van der Waals surface area contributed by atoms with Crippen LogP contribution >= 0.6 is 0 Å². The average molecular weight is 972 g/mol. The van der Waals surface area contributed by atoms with Crippen molar-refractivity contribution >= 4 is 44.6 Å². The quantitative estimate of drug-likeness (QED) is 0.149. The molecule has 0 saturated carbocycles. The van der Waals surface area contributed by atoms with E-state index in [1.165, 1.54) is 17.7 Å². The van der Waals surface area contributed by atoms with Crippen molar-refractivity contribution in [1.82, 2.24) is 9.55 Å². The fourth-order valence-corrected chi connectivity index (χ4v) is 8.05. The van der Waals surface area contributed by atoms with Gasteiger partial charge in [0, 0.05) is 68.3 Å². The molecule has 9 rings (SSSR count). The van der Waals surface area contributed by atoms with Crippen molar-refractivity contribution < 1.29 is 31.6 Å². The fraction of sp³-hybridized carbons (Fsp3) is 0.208. The van der Waals surface area contributed by atoms with Crippen LogP contribution in [0.5, 0.6) is 11.5 Å². The number of hydrogen-bond acceptors (Lipinski definition) is 4. The molecule has 306 valence electrons. The van der Waals surface area contributed by atoms with E-state index in [0.717, 1.165) is 72.6 Å². The molecule has 0 amide bonds. The largest absolute Gasteiger partial charge is 0.509 e.